The summed E-state index contributed by atoms with van der Waals surface area (Å²) in [5.74, 6) is 2.32. The standard InChI is InChI=1S/C13H12N2O2S/c1-4-12-9-11(3)15(14-12)18(16,17)13-7-5-10(2)6-8-13/h1,5-9H,2-3H3. The van der Waals surface area contributed by atoms with Gasteiger partial charge < -0.3 is 0 Å². The van der Waals surface area contributed by atoms with Crippen molar-refractivity contribution in [1.82, 2.24) is 9.19 Å². The second-order valence-electron chi connectivity index (χ2n) is 3.98. The average Bonchev–Trinajstić information content (AvgIpc) is 2.72. The Balaban J connectivity index is 2.58. The molecule has 0 atom stereocenters. The van der Waals surface area contributed by atoms with Crippen molar-refractivity contribution in [2.45, 2.75) is 18.7 Å². The summed E-state index contributed by atoms with van der Waals surface area (Å²) in [5, 5.41) is 3.89. The number of hydrogen-bond donors (Lipinski definition) is 0. The molecular formula is C13H12N2O2S. The van der Waals surface area contributed by atoms with Crippen molar-refractivity contribution < 1.29 is 8.42 Å². The molecule has 0 bridgehead atoms. The van der Waals surface area contributed by atoms with Crippen molar-refractivity contribution in [2.75, 3.05) is 0 Å². The molecule has 0 aliphatic rings. The zero-order valence-corrected chi connectivity index (χ0v) is 10.9. The van der Waals surface area contributed by atoms with Crippen molar-refractivity contribution in [3.8, 4) is 12.3 Å². The molecule has 2 rings (SSSR count). The summed E-state index contributed by atoms with van der Waals surface area (Å²) in [6.07, 6.45) is 5.21. The molecule has 2 aromatic rings. The maximum Gasteiger partial charge on any atom is 0.283 e. The van der Waals surface area contributed by atoms with Gasteiger partial charge in [-0.05, 0) is 38.0 Å². The highest BCUT2D eigenvalue weighted by atomic mass is 32.2. The Morgan fingerprint density at radius 2 is 1.83 bits per heavy atom. The normalized spacial score (nSPS) is 11.2. The van der Waals surface area contributed by atoms with E-state index in [-0.39, 0.29) is 4.90 Å². The Kier molecular flexibility index (Phi) is 2.97. The van der Waals surface area contributed by atoms with Crippen molar-refractivity contribution in [3.63, 3.8) is 0 Å². The third-order valence-electron chi connectivity index (χ3n) is 2.54. The lowest BCUT2D eigenvalue weighted by atomic mass is 10.2. The number of terminal acetylenes is 1. The van der Waals surface area contributed by atoms with E-state index in [0.29, 0.717) is 11.4 Å². The molecule has 0 saturated carbocycles. The lowest BCUT2D eigenvalue weighted by Gasteiger charge is -2.06. The number of aryl methyl sites for hydroxylation is 2. The minimum atomic E-state index is -3.67. The zero-order chi connectivity index (χ0) is 13.3. The van der Waals surface area contributed by atoms with Crippen LogP contribution < -0.4 is 0 Å². The molecule has 1 aromatic carbocycles. The second-order valence-corrected chi connectivity index (χ2v) is 5.74. The van der Waals surface area contributed by atoms with Crippen LogP contribution in [0, 0.1) is 26.2 Å². The highest BCUT2D eigenvalue weighted by Gasteiger charge is 2.20. The number of aromatic nitrogens is 2. The highest BCUT2D eigenvalue weighted by molar-refractivity contribution is 7.89. The maximum atomic E-state index is 12.3. The quantitative estimate of drug-likeness (QED) is 0.772. The summed E-state index contributed by atoms with van der Waals surface area (Å²) in [4.78, 5) is 0.197. The van der Waals surface area contributed by atoms with Crippen LogP contribution in [0.2, 0.25) is 0 Å². The van der Waals surface area contributed by atoms with Gasteiger partial charge in [-0.2, -0.15) is 12.5 Å². The first-order chi connectivity index (χ1) is 8.45. The van der Waals surface area contributed by atoms with Crippen LogP contribution in [-0.2, 0) is 10.0 Å². The van der Waals surface area contributed by atoms with Crippen molar-refractivity contribution in [1.29, 1.82) is 0 Å². The van der Waals surface area contributed by atoms with Gasteiger partial charge in [-0.15, -0.1) is 11.5 Å². The molecule has 0 unspecified atom stereocenters. The number of hydrogen-bond acceptors (Lipinski definition) is 3. The summed E-state index contributed by atoms with van der Waals surface area (Å²) < 4.78 is 25.6. The van der Waals surface area contributed by atoms with E-state index < -0.39 is 10.0 Å². The first-order valence-corrected chi connectivity index (χ1v) is 6.74. The van der Waals surface area contributed by atoms with E-state index in [0.717, 1.165) is 9.65 Å². The first-order valence-electron chi connectivity index (χ1n) is 5.30. The van der Waals surface area contributed by atoms with Crippen LogP contribution in [-0.4, -0.2) is 17.6 Å². The van der Waals surface area contributed by atoms with E-state index >= 15 is 0 Å². The largest absolute Gasteiger partial charge is 0.283 e. The molecule has 0 aliphatic heterocycles. The van der Waals surface area contributed by atoms with E-state index in [1.165, 1.54) is 0 Å². The number of benzene rings is 1. The fourth-order valence-corrected chi connectivity index (χ4v) is 2.89. The van der Waals surface area contributed by atoms with Crippen molar-refractivity contribution in [2.24, 2.45) is 0 Å². The Morgan fingerprint density at radius 1 is 1.22 bits per heavy atom. The topological polar surface area (TPSA) is 52.0 Å². The van der Waals surface area contributed by atoms with Gasteiger partial charge in [0.25, 0.3) is 10.0 Å². The molecule has 0 fully saturated rings. The third kappa shape index (κ3) is 2.03. The lowest BCUT2D eigenvalue weighted by molar-refractivity contribution is 0.578. The molecule has 18 heavy (non-hydrogen) atoms. The molecule has 1 aromatic heterocycles. The molecule has 0 spiro atoms. The summed E-state index contributed by atoms with van der Waals surface area (Å²) >= 11 is 0. The third-order valence-corrected chi connectivity index (χ3v) is 4.23. The van der Waals surface area contributed by atoms with Gasteiger partial charge in [-0.1, -0.05) is 17.7 Å². The van der Waals surface area contributed by atoms with Crippen LogP contribution in [0.25, 0.3) is 0 Å². The van der Waals surface area contributed by atoms with Crippen molar-refractivity contribution in [3.05, 3.63) is 47.3 Å². The molecule has 5 heteroatoms. The van der Waals surface area contributed by atoms with Crippen LogP contribution in [0.1, 0.15) is 17.0 Å². The summed E-state index contributed by atoms with van der Waals surface area (Å²) in [5.41, 5.74) is 1.79. The molecule has 1 heterocycles. The SMILES string of the molecule is C#Cc1cc(C)n(S(=O)(=O)c2ccc(C)cc2)n1. The van der Waals surface area contributed by atoms with Gasteiger partial charge in [0.05, 0.1) is 10.6 Å². The smallest absolute Gasteiger partial charge is 0.199 e. The molecule has 0 amide bonds. The fraction of sp³-hybridized carbons (Fsp3) is 0.154. The number of rotatable bonds is 2. The molecular weight excluding hydrogens is 248 g/mol. The van der Waals surface area contributed by atoms with Gasteiger partial charge in [0, 0.05) is 0 Å². The molecule has 0 N–H and O–H groups in total. The monoisotopic (exact) mass is 260 g/mol. The maximum absolute atomic E-state index is 12.3. The lowest BCUT2D eigenvalue weighted by Crippen LogP contribution is -2.16. The predicted octanol–water partition coefficient (Wildman–Crippen LogP) is 1.72. The van der Waals surface area contributed by atoms with E-state index in [9.17, 15) is 8.42 Å². The van der Waals surface area contributed by atoms with E-state index in [1.807, 2.05) is 6.92 Å². The van der Waals surface area contributed by atoms with Crippen LogP contribution in [0.4, 0.5) is 0 Å². The molecule has 0 aliphatic carbocycles. The Hall–Kier alpha value is -2.06. The second kappa shape index (κ2) is 4.31. The molecule has 0 radical (unpaired) electrons. The van der Waals surface area contributed by atoms with Crippen LogP contribution in [0.3, 0.4) is 0 Å². The van der Waals surface area contributed by atoms with Gasteiger partial charge in [0.2, 0.25) is 0 Å². The average molecular weight is 260 g/mol. The summed E-state index contributed by atoms with van der Waals surface area (Å²) in [6, 6.07) is 8.16. The zero-order valence-electron chi connectivity index (χ0n) is 10.1. The van der Waals surface area contributed by atoms with Gasteiger partial charge in [-0.3, -0.25) is 0 Å². The molecule has 92 valence electrons. The first kappa shape index (κ1) is 12.4. The van der Waals surface area contributed by atoms with E-state index in [4.69, 9.17) is 6.42 Å². The minimum Gasteiger partial charge on any atom is -0.199 e. The van der Waals surface area contributed by atoms with Gasteiger partial charge in [0.15, 0.2) is 0 Å². The van der Waals surface area contributed by atoms with Gasteiger partial charge in [0.1, 0.15) is 5.69 Å². The summed E-state index contributed by atoms with van der Waals surface area (Å²) in [6.45, 7) is 3.55. The Morgan fingerprint density at radius 3 is 2.33 bits per heavy atom. The van der Waals surface area contributed by atoms with Gasteiger partial charge >= 0.3 is 0 Å². The predicted molar refractivity (Wildman–Crippen MR) is 68.7 cm³/mol. The van der Waals surface area contributed by atoms with Crippen LogP contribution in [0.15, 0.2) is 35.2 Å². The molecule has 0 saturated heterocycles. The van der Waals surface area contributed by atoms with E-state index in [1.54, 1.807) is 37.3 Å². The van der Waals surface area contributed by atoms with E-state index in [2.05, 4.69) is 11.0 Å². The molecule has 4 nitrogen and oxygen atoms in total. The van der Waals surface area contributed by atoms with Crippen LogP contribution in [0.5, 0.6) is 0 Å². The Bertz CT molecular complexity index is 719. The number of nitrogens with zero attached hydrogens (tertiary/aromatic N) is 2. The summed E-state index contributed by atoms with van der Waals surface area (Å²) in [7, 11) is -3.67. The van der Waals surface area contributed by atoms with Crippen LogP contribution >= 0.6 is 0 Å². The fourth-order valence-electron chi connectivity index (χ4n) is 1.58. The minimum absolute atomic E-state index is 0.197. The van der Waals surface area contributed by atoms with Gasteiger partial charge in [-0.25, -0.2) is 0 Å². The Labute approximate surface area is 106 Å². The highest BCUT2D eigenvalue weighted by Crippen LogP contribution is 2.16. The van der Waals surface area contributed by atoms with Crippen molar-refractivity contribution >= 4 is 10.0 Å².